The summed E-state index contributed by atoms with van der Waals surface area (Å²) in [5.74, 6) is -2.61. The van der Waals surface area contributed by atoms with Crippen LogP contribution in [0, 0.1) is 11.6 Å². The maximum atomic E-state index is 13.6. The highest BCUT2D eigenvalue weighted by molar-refractivity contribution is 9.10. The molecule has 1 aromatic rings. The van der Waals surface area contributed by atoms with Crippen LogP contribution in [0.25, 0.3) is 0 Å². The third-order valence-electron chi connectivity index (χ3n) is 2.77. The van der Waals surface area contributed by atoms with Gasteiger partial charge in [-0.05, 0) is 22.0 Å². The Bertz CT molecular complexity index is 650. The summed E-state index contributed by atoms with van der Waals surface area (Å²) in [7, 11) is -4.88. The number of carbonyl (C=O) groups excluding carboxylic acids is 1. The predicted octanol–water partition coefficient (Wildman–Crippen LogP) is 2.13. The molecule has 1 amide bonds. The monoisotopic (exact) mass is 357 g/mol. The van der Waals surface area contributed by atoms with Crippen LogP contribution in [-0.4, -0.2) is 26.1 Å². The summed E-state index contributed by atoms with van der Waals surface area (Å²) in [5, 5.41) is -1.52. The van der Waals surface area contributed by atoms with Crippen LogP contribution < -0.4 is 4.90 Å². The summed E-state index contributed by atoms with van der Waals surface area (Å²) in [6, 6.07) is 1.57. The molecule has 104 valence electrons. The second kappa shape index (κ2) is 4.78. The van der Waals surface area contributed by atoms with Crippen molar-refractivity contribution in [3.63, 3.8) is 0 Å². The summed E-state index contributed by atoms with van der Waals surface area (Å²) in [6.45, 7) is -0.493. The molecule has 0 N–H and O–H groups in total. The number of nitrogens with zero attached hydrogens (tertiary/aromatic N) is 1. The molecule has 0 aliphatic carbocycles. The van der Waals surface area contributed by atoms with E-state index in [1.807, 2.05) is 0 Å². The van der Waals surface area contributed by atoms with Gasteiger partial charge in [0.1, 0.15) is 16.9 Å². The number of hydrogen-bond donors (Lipinski definition) is 0. The Morgan fingerprint density at radius 1 is 1.26 bits per heavy atom. The Labute approximate surface area is 115 Å². The highest BCUT2D eigenvalue weighted by Gasteiger charge is 2.40. The van der Waals surface area contributed by atoms with Crippen LogP contribution in [0.15, 0.2) is 16.6 Å². The molecule has 1 atom stereocenters. The van der Waals surface area contributed by atoms with E-state index in [1.165, 1.54) is 0 Å². The van der Waals surface area contributed by atoms with Crippen molar-refractivity contribution >= 4 is 37.7 Å². The fraction of sp³-hybridized carbons (Fsp3) is 0.300. The normalized spacial score (nSPS) is 20.1. The molecule has 2 rings (SSSR count). The van der Waals surface area contributed by atoms with Gasteiger partial charge in [0.25, 0.3) is 0 Å². The topological polar surface area (TPSA) is 54.5 Å². The molecule has 19 heavy (non-hydrogen) atoms. The molecule has 1 fully saturated rings. The Kier molecular flexibility index (Phi) is 3.61. The van der Waals surface area contributed by atoms with Crippen molar-refractivity contribution in [2.75, 3.05) is 11.4 Å². The highest BCUT2D eigenvalue weighted by Crippen LogP contribution is 2.31. The van der Waals surface area contributed by atoms with Crippen molar-refractivity contribution < 1.29 is 25.9 Å². The lowest BCUT2D eigenvalue weighted by Gasteiger charge is -2.17. The lowest BCUT2D eigenvalue weighted by Crippen LogP contribution is -2.27. The van der Waals surface area contributed by atoms with Crippen molar-refractivity contribution in [3.05, 3.63) is 28.2 Å². The lowest BCUT2D eigenvalue weighted by atomic mass is 10.2. The minimum Gasteiger partial charge on any atom is -0.308 e. The van der Waals surface area contributed by atoms with Gasteiger partial charge in [-0.1, -0.05) is 0 Å². The molecule has 0 spiro atoms. The van der Waals surface area contributed by atoms with Gasteiger partial charge in [-0.25, -0.2) is 8.78 Å². The van der Waals surface area contributed by atoms with Crippen LogP contribution >= 0.6 is 15.9 Å². The molecule has 1 unspecified atom stereocenters. The first-order chi connectivity index (χ1) is 8.70. The van der Waals surface area contributed by atoms with Gasteiger partial charge < -0.3 is 4.90 Å². The van der Waals surface area contributed by atoms with E-state index in [-0.39, 0.29) is 10.2 Å². The number of hydrogen-bond acceptors (Lipinski definition) is 3. The summed E-state index contributed by atoms with van der Waals surface area (Å²) in [6.07, 6.45) is -0.562. The quantitative estimate of drug-likeness (QED) is 0.601. The number of rotatable bonds is 2. The van der Waals surface area contributed by atoms with Crippen LogP contribution in [0.4, 0.5) is 18.4 Å². The third kappa shape index (κ3) is 2.76. The van der Waals surface area contributed by atoms with Crippen LogP contribution in [0.5, 0.6) is 0 Å². The summed E-state index contributed by atoms with van der Waals surface area (Å²) < 4.78 is 60.9. The molecule has 0 saturated carbocycles. The number of anilines is 1. The summed E-state index contributed by atoms with van der Waals surface area (Å²) in [5.41, 5.74) is -0.288. The van der Waals surface area contributed by atoms with Gasteiger partial charge in [0.15, 0.2) is 0 Å². The molecule has 0 bridgehead atoms. The van der Waals surface area contributed by atoms with Crippen LogP contribution in [0.2, 0.25) is 0 Å². The van der Waals surface area contributed by atoms with E-state index in [0.717, 1.165) is 11.0 Å². The fourth-order valence-corrected chi connectivity index (χ4v) is 2.82. The number of halogens is 4. The van der Waals surface area contributed by atoms with E-state index < -0.39 is 46.0 Å². The van der Waals surface area contributed by atoms with Gasteiger partial charge in [-0.2, -0.15) is 8.42 Å². The van der Waals surface area contributed by atoms with Gasteiger partial charge in [-0.15, -0.1) is 3.89 Å². The first-order valence-corrected chi connectivity index (χ1v) is 7.32. The number of carbonyl (C=O) groups is 1. The van der Waals surface area contributed by atoms with Crippen LogP contribution in [0.3, 0.4) is 0 Å². The molecule has 0 radical (unpaired) electrons. The maximum absolute atomic E-state index is 13.6. The number of amides is 1. The number of benzene rings is 1. The molecular weight excluding hydrogens is 351 g/mol. The van der Waals surface area contributed by atoms with E-state index >= 15 is 0 Å². The Hall–Kier alpha value is -1.09. The second-order valence-electron chi connectivity index (χ2n) is 4.02. The SMILES string of the molecule is O=C1CC(S(=O)(=O)F)CN1c1cc(Br)c(F)cc1F. The zero-order chi connectivity index (χ0) is 14.4. The van der Waals surface area contributed by atoms with E-state index in [0.29, 0.717) is 6.07 Å². The van der Waals surface area contributed by atoms with Crippen molar-refractivity contribution in [2.24, 2.45) is 0 Å². The van der Waals surface area contributed by atoms with Crippen LogP contribution in [0.1, 0.15) is 6.42 Å². The van der Waals surface area contributed by atoms with Crippen LogP contribution in [-0.2, 0) is 15.0 Å². The zero-order valence-electron chi connectivity index (χ0n) is 9.24. The van der Waals surface area contributed by atoms with E-state index in [4.69, 9.17) is 0 Å². The molecule has 9 heteroatoms. The third-order valence-corrected chi connectivity index (χ3v) is 4.49. The van der Waals surface area contributed by atoms with Gasteiger partial charge >= 0.3 is 10.2 Å². The minimum absolute atomic E-state index is 0.0803. The Morgan fingerprint density at radius 2 is 1.89 bits per heavy atom. The molecule has 1 aromatic carbocycles. The standard InChI is InChI=1S/C10H7BrF3NO3S/c11-6-2-9(8(13)3-7(6)12)15-4-5(1-10(15)16)19(14,17)18/h2-3,5H,1,4H2. The molecule has 1 aliphatic rings. The molecule has 1 saturated heterocycles. The van der Waals surface area contributed by atoms with Gasteiger partial charge in [0, 0.05) is 19.0 Å². The molecule has 1 heterocycles. The first kappa shape index (κ1) is 14.3. The van der Waals surface area contributed by atoms with Gasteiger partial charge in [0.2, 0.25) is 5.91 Å². The maximum Gasteiger partial charge on any atom is 0.307 e. The van der Waals surface area contributed by atoms with Gasteiger partial charge in [-0.3, -0.25) is 4.79 Å². The van der Waals surface area contributed by atoms with Crippen molar-refractivity contribution in [1.82, 2.24) is 0 Å². The van der Waals surface area contributed by atoms with Crippen molar-refractivity contribution in [1.29, 1.82) is 0 Å². The van der Waals surface area contributed by atoms with Crippen molar-refractivity contribution in [2.45, 2.75) is 11.7 Å². The van der Waals surface area contributed by atoms with Crippen molar-refractivity contribution in [3.8, 4) is 0 Å². The molecule has 0 aromatic heterocycles. The average molecular weight is 358 g/mol. The largest absolute Gasteiger partial charge is 0.308 e. The Morgan fingerprint density at radius 3 is 2.42 bits per heavy atom. The fourth-order valence-electron chi connectivity index (χ4n) is 1.82. The second-order valence-corrected chi connectivity index (χ2v) is 6.50. The summed E-state index contributed by atoms with van der Waals surface area (Å²) in [4.78, 5) is 12.4. The molecule has 4 nitrogen and oxygen atoms in total. The highest BCUT2D eigenvalue weighted by atomic mass is 79.9. The zero-order valence-corrected chi connectivity index (χ0v) is 11.6. The Balaban J connectivity index is 2.39. The molecular formula is C10H7BrF3NO3S. The van der Waals surface area contributed by atoms with E-state index in [2.05, 4.69) is 15.9 Å². The predicted molar refractivity (Wildman–Crippen MR) is 64.8 cm³/mol. The molecule has 1 aliphatic heterocycles. The summed E-state index contributed by atoms with van der Waals surface area (Å²) >= 11 is 2.83. The smallest absolute Gasteiger partial charge is 0.307 e. The van der Waals surface area contributed by atoms with E-state index in [9.17, 15) is 25.9 Å². The minimum atomic E-state index is -4.88. The first-order valence-electron chi connectivity index (χ1n) is 5.08. The van der Waals surface area contributed by atoms with E-state index in [1.54, 1.807) is 0 Å². The lowest BCUT2D eigenvalue weighted by molar-refractivity contribution is -0.117. The average Bonchev–Trinajstić information content (AvgIpc) is 2.65. The van der Waals surface area contributed by atoms with Gasteiger partial charge in [0.05, 0.1) is 10.2 Å².